The minimum atomic E-state index is -0.506. The van der Waals surface area contributed by atoms with Crippen LogP contribution >= 0.6 is 0 Å². The third-order valence-electron chi connectivity index (χ3n) is 5.93. The van der Waals surface area contributed by atoms with Crippen LogP contribution in [0.15, 0.2) is 43.0 Å². The summed E-state index contributed by atoms with van der Waals surface area (Å²) in [5, 5.41) is 14.6. The van der Waals surface area contributed by atoms with E-state index in [2.05, 4.69) is 27.4 Å². The van der Waals surface area contributed by atoms with Gasteiger partial charge in [0.15, 0.2) is 0 Å². The molecule has 27 heavy (non-hydrogen) atoms. The number of fused-ring (bicyclic) bond motifs is 1. The Labute approximate surface area is 157 Å². The molecule has 1 aromatic carbocycles. The van der Waals surface area contributed by atoms with Crippen LogP contribution in [0.2, 0.25) is 0 Å². The molecule has 2 saturated carbocycles. The molecule has 3 aromatic rings. The number of nitrogens with one attached hydrogen (secondary N) is 2. The van der Waals surface area contributed by atoms with Crippen molar-refractivity contribution >= 4 is 16.8 Å². The molecular formula is C21H24N4O2. The maximum absolute atomic E-state index is 12.8. The predicted molar refractivity (Wildman–Crippen MR) is 102 cm³/mol. The van der Waals surface area contributed by atoms with Gasteiger partial charge in [-0.2, -0.15) is 0 Å². The highest BCUT2D eigenvalue weighted by Crippen LogP contribution is 2.43. The third-order valence-corrected chi connectivity index (χ3v) is 5.93. The molecule has 6 heteroatoms. The van der Waals surface area contributed by atoms with Crippen LogP contribution in [0.25, 0.3) is 10.9 Å². The van der Waals surface area contributed by atoms with Gasteiger partial charge in [-0.1, -0.05) is 12.1 Å². The zero-order valence-corrected chi connectivity index (χ0v) is 15.1. The number of aliphatic hydroxyl groups excluding tert-OH is 1. The minimum absolute atomic E-state index is 0.139. The molecule has 0 saturated heterocycles. The fraction of sp³-hybridized carbons (Fsp3) is 0.429. The number of carbonyl (C=O) groups is 1. The van der Waals surface area contributed by atoms with Crippen LogP contribution in [0.4, 0.5) is 0 Å². The summed E-state index contributed by atoms with van der Waals surface area (Å²) in [4.78, 5) is 20.1. The van der Waals surface area contributed by atoms with Gasteiger partial charge in [0.25, 0.3) is 5.91 Å². The Bertz CT molecular complexity index is 958. The standard InChI is InChI=1S/C21H24N4O2/c26-20-9-13(11-25-7-6-22-12-25)8-18(20)24-21(27)19-10-16-15(14-4-5-14)2-1-3-17(16)23-19/h1-3,6-7,10,12-14,18,20,23,26H,4-5,8-9,11H2,(H,24,27)/t13?,18-,20-/m1/s1. The van der Waals surface area contributed by atoms with Crippen molar-refractivity contribution in [2.45, 2.75) is 50.3 Å². The molecule has 2 aliphatic carbocycles. The van der Waals surface area contributed by atoms with Crippen molar-refractivity contribution in [1.82, 2.24) is 19.9 Å². The highest BCUT2D eigenvalue weighted by Gasteiger charge is 2.34. The molecule has 0 radical (unpaired) electrons. The van der Waals surface area contributed by atoms with E-state index in [-0.39, 0.29) is 11.9 Å². The van der Waals surface area contributed by atoms with Gasteiger partial charge in [0.2, 0.25) is 0 Å². The lowest BCUT2D eigenvalue weighted by molar-refractivity contribution is 0.0869. The van der Waals surface area contributed by atoms with Crippen LogP contribution in [-0.4, -0.2) is 37.7 Å². The van der Waals surface area contributed by atoms with E-state index in [1.54, 1.807) is 12.5 Å². The van der Waals surface area contributed by atoms with Gasteiger partial charge in [0, 0.05) is 29.8 Å². The summed E-state index contributed by atoms with van der Waals surface area (Å²) >= 11 is 0. The first kappa shape index (κ1) is 16.6. The van der Waals surface area contributed by atoms with E-state index in [0.717, 1.165) is 23.9 Å². The molecular weight excluding hydrogens is 340 g/mol. The van der Waals surface area contributed by atoms with Crippen molar-refractivity contribution < 1.29 is 9.90 Å². The molecule has 0 spiro atoms. The second-order valence-electron chi connectivity index (χ2n) is 8.01. The molecule has 2 aliphatic rings. The maximum atomic E-state index is 12.8. The van der Waals surface area contributed by atoms with E-state index < -0.39 is 6.10 Å². The number of carbonyl (C=O) groups excluding carboxylic acids is 1. The second kappa shape index (κ2) is 6.53. The highest BCUT2D eigenvalue weighted by atomic mass is 16.3. The minimum Gasteiger partial charge on any atom is -0.391 e. The molecule has 3 atom stereocenters. The Morgan fingerprint density at radius 3 is 3.00 bits per heavy atom. The molecule has 1 amide bonds. The predicted octanol–water partition coefficient (Wildman–Crippen LogP) is 2.81. The zero-order valence-electron chi connectivity index (χ0n) is 15.1. The number of H-pyrrole nitrogens is 1. The molecule has 2 heterocycles. The number of amides is 1. The summed E-state index contributed by atoms with van der Waals surface area (Å²) in [6.07, 6.45) is 8.92. The Morgan fingerprint density at radius 2 is 2.22 bits per heavy atom. The first-order valence-corrected chi connectivity index (χ1v) is 9.73. The van der Waals surface area contributed by atoms with Gasteiger partial charge < -0.3 is 20.0 Å². The van der Waals surface area contributed by atoms with Crippen LogP contribution in [-0.2, 0) is 6.54 Å². The fourth-order valence-electron chi connectivity index (χ4n) is 4.41. The third kappa shape index (κ3) is 3.25. The molecule has 0 bridgehead atoms. The lowest BCUT2D eigenvalue weighted by atomic mass is 10.1. The lowest BCUT2D eigenvalue weighted by Gasteiger charge is -2.15. The number of rotatable bonds is 5. The van der Waals surface area contributed by atoms with Gasteiger partial charge in [-0.05, 0) is 55.2 Å². The van der Waals surface area contributed by atoms with Gasteiger partial charge in [0.1, 0.15) is 5.69 Å². The first-order valence-electron chi connectivity index (χ1n) is 9.73. The van der Waals surface area contributed by atoms with E-state index in [1.807, 2.05) is 22.9 Å². The Kier molecular flexibility index (Phi) is 4.01. The van der Waals surface area contributed by atoms with Crippen molar-refractivity contribution in [1.29, 1.82) is 0 Å². The summed E-state index contributed by atoms with van der Waals surface area (Å²) in [6.45, 7) is 0.820. The topological polar surface area (TPSA) is 82.9 Å². The fourth-order valence-corrected chi connectivity index (χ4v) is 4.41. The van der Waals surface area contributed by atoms with E-state index in [0.29, 0.717) is 24.0 Å². The summed E-state index contributed by atoms with van der Waals surface area (Å²) < 4.78 is 2.03. The van der Waals surface area contributed by atoms with E-state index >= 15 is 0 Å². The van der Waals surface area contributed by atoms with Crippen LogP contribution in [0, 0.1) is 5.92 Å². The van der Waals surface area contributed by atoms with E-state index in [1.165, 1.54) is 18.4 Å². The second-order valence-corrected chi connectivity index (χ2v) is 8.01. The monoisotopic (exact) mass is 364 g/mol. The van der Waals surface area contributed by atoms with Crippen LogP contribution in [0.1, 0.15) is 47.7 Å². The average molecular weight is 364 g/mol. The summed E-state index contributed by atoms with van der Waals surface area (Å²) in [5.74, 6) is 0.838. The average Bonchev–Trinajstić information content (AvgIpc) is 3.03. The molecule has 3 N–H and O–H groups in total. The van der Waals surface area contributed by atoms with E-state index in [4.69, 9.17) is 0 Å². The Hall–Kier alpha value is -2.60. The highest BCUT2D eigenvalue weighted by molar-refractivity contribution is 5.99. The number of benzene rings is 1. The van der Waals surface area contributed by atoms with Crippen molar-refractivity contribution in [2.24, 2.45) is 5.92 Å². The van der Waals surface area contributed by atoms with Crippen LogP contribution in [0.3, 0.4) is 0 Å². The number of imidazole rings is 1. The SMILES string of the molecule is O=C(N[C@@H]1CC(Cn2ccnc2)C[C@H]1O)c1cc2c(C3CC3)cccc2[nH]1. The number of nitrogens with zero attached hydrogens (tertiary/aromatic N) is 2. The smallest absolute Gasteiger partial charge is 0.268 e. The summed E-state index contributed by atoms with van der Waals surface area (Å²) in [7, 11) is 0. The maximum Gasteiger partial charge on any atom is 0.268 e. The molecule has 140 valence electrons. The van der Waals surface area contributed by atoms with Gasteiger partial charge in [0.05, 0.1) is 18.5 Å². The quantitative estimate of drug-likeness (QED) is 0.651. The number of aromatic amines is 1. The largest absolute Gasteiger partial charge is 0.391 e. The molecule has 6 nitrogen and oxygen atoms in total. The zero-order chi connectivity index (χ0) is 18.4. The Balaban J connectivity index is 1.29. The van der Waals surface area contributed by atoms with E-state index in [9.17, 15) is 9.90 Å². The van der Waals surface area contributed by atoms with Crippen LogP contribution < -0.4 is 5.32 Å². The number of hydrogen-bond acceptors (Lipinski definition) is 3. The van der Waals surface area contributed by atoms with Crippen LogP contribution in [0.5, 0.6) is 0 Å². The normalized spacial score (nSPS) is 25.1. The number of aromatic nitrogens is 3. The van der Waals surface area contributed by atoms with Gasteiger partial charge >= 0.3 is 0 Å². The summed E-state index contributed by atoms with van der Waals surface area (Å²) in [5.41, 5.74) is 2.92. The van der Waals surface area contributed by atoms with Gasteiger partial charge in [-0.3, -0.25) is 4.79 Å². The van der Waals surface area contributed by atoms with Crippen molar-refractivity contribution in [2.75, 3.05) is 0 Å². The molecule has 0 aliphatic heterocycles. The molecule has 2 fully saturated rings. The molecule has 1 unspecified atom stereocenters. The molecule has 2 aromatic heterocycles. The number of aliphatic hydroxyl groups is 1. The van der Waals surface area contributed by atoms with Gasteiger partial charge in [-0.25, -0.2) is 4.98 Å². The summed E-state index contributed by atoms with van der Waals surface area (Å²) in [6, 6.07) is 7.99. The van der Waals surface area contributed by atoms with Crippen molar-refractivity contribution in [3.05, 3.63) is 54.2 Å². The van der Waals surface area contributed by atoms with Gasteiger partial charge in [-0.15, -0.1) is 0 Å². The number of hydrogen-bond donors (Lipinski definition) is 3. The molecule has 5 rings (SSSR count). The Morgan fingerprint density at radius 1 is 1.33 bits per heavy atom. The van der Waals surface area contributed by atoms with Crippen molar-refractivity contribution in [3.8, 4) is 0 Å². The van der Waals surface area contributed by atoms with Crippen molar-refractivity contribution in [3.63, 3.8) is 0 Å². The first-order chi connectivity index (χ1) is 13.2. The lowest BCUT2D eigenvalue weighted by Crippen LogP contribution is -2.40.